The van der Waals surface area contributed by atoms with Crippen molar-refractivity contribution in [1.82, 2.24) is 9.80 Å². The second-order valence-corrected chi connectivity index (χ2v) is 4.63. The average molecular weight is 274 g/mol. The summed E-state index contributed by atoms with van der Waals surface area (Å²) in [6, 6.07) is 0. The van der Waals surface area contributed by atoms with Gasteiger partial charge in [0, 0.05) is 46.9 Å². The van der Waals surface area contributed by atoms with Crippen LogP contribution in [0.2, 0.25) is 0 Å². The number of piperazine rings is 1. The largest absolute Gasteiger partial charge is 0.450 e. The maximum absolute atomic E-state index is 11.6. The molecule has 1 aliphatic rings. The SMILES string of the molecule is CCOC(=O)N1CCN(CCC(COC)OC)CC1. The minimum atomic E-state index is -0.198. The van der Waals surface area contributed by atoms with Crippen LogP contribution < -0.4 is 0 Å². The highest BCUT2D eigenvalue weighted by Crippen LogP contribution is 2.06. The zero-order chi connectivity index (χ0) is 14.1. The molecular formula is C13H26N2O4. The van der Waals surface area contributed by atoms with Gasteiger partial charge in [-0.15, -0.1) is 0 Å². The molecule has 0 aromatic heterocycles. The first kappa shape index (κ1) is 16.2. The molecular weight excluding hydrogens is 248 g/mol. The number of rotatable bonds is 7. The van der Waals surface area contributed by atoms with Gasteiger partial charge >= 0.3 is 6.09 Å². The highest BCUT2D eigenvalue weighted by atomic mass is 16.6. The molecule has 1 heterocycles. The first-order chi connectivity index (χ1) is 9.21. The number of hydrogen-bond donors (Lipinski definition) is 0. The average Bonchev–Trinajstić information content (AvgIpc) is 2.44. The van der Waals surface area contributed by atoms with Gasteiger partial charge in [0.2, 0.25) is 0 Å². The van der Waals surface area contributed by atoms with Crippen LogP contribution in [0.25, 0.3) is 0 Å². The van der Waals surface area contributed by atoms with Crippen molar-refractivity contribution in [3.05, 3.63) is 0 Å². The number of carbonyl (C=O) groups is 1. The molecule has 1 rings (SSSR count). The molecule has 1 saturated heterocycles. The number of ether oxygens (including phenoxy) is 3. The first-order valence-electron chi connectivity index (χ1n) is 6.87. The predicted molar refractivity (Wildman–Crippen MR) is 72.3 cm³/mol. The summed E-state index contributed by atoms with van der Waals surface area (Å²) >= 11 is 0. The Bertz CT molecular complexity index is 255. The quantitative estimate of drug-likeness (QED) is 0.688. The minimum Gasteiger partial charge on any atom is -0.450 e. The van der Waals surface area contributed by atoms with Crippen LogP contribution in [-0.4, -0.2) is 82.2 Å². The fourth-order valence-corrected chi connectivity index (χ4v) is 2.15. The predicted octanol–water partition coefficient (Wildman–Crippen LogP) is 0.812. The van der Waals surface area contributed by atoms with Crippen molar-refractivity contribution in [1.29, 1.82) is 0 Å². The fraction of sp³-hybridized carbons (Fsp3) is 0.923. The zero-order valence-corrected chi connectivity index (χ0v) is 12.3. The third kappa shape index (κ3) is 5.76. The van der Waals surface area contributed by atoms with E-state index in [9.17, 15) is 4.79 Å². The number of amides is 1. The van der Waals surface area contributed by atoms with Gasteiger partial charge in [0.25, 0.3) is 0 Å². The lowest BCUT2D eigenvalue weighted by Gasteiger charge is -2.34. The molecule has 0 spiro atoms. The fourth-order valence-electron chi connectivity index (χ4n) is 2.15. The maximum atomic E-state index is 11.6. The molecule has 0 aliphatic carbocycles. The maximum Gasteiger partial charge on any atom is 0.409 e. The minimum absolute atomic E-state index is 0.146. The molecule has 1 aliphatic heterocycles. The number of carbonyl (C=O) groups excluding carboxylic acids is 1. The van der Waals surface area contributed by atoms with Crippen LogP contribution in [0.1, 0.15) is 13.3 Å². The molecule has 6 heteroatoms. The van der Waals surface area contributed by atoms with Gasteiger partial charge in [-0.25, -0.2) is 4.79 Å². The van der Waals surface area contributed by atoms with E-state index in [2.05, 4.69) is 4.90 Å². The molecule has 0 bridgehead atoms. The van der Waals surface area contributed by atoms with E-state index in [4.69, 9.17) is 14.2 Å². The zero-order valence-electron chi connectivity index (χ0n) is 12.3. The van der Waals surface area contributed by atoms with Crippen molar-refractivity contribution in [2.24, 2.45) is 0 Å². The highest BCUT2D eigenvalue weighted by Gasteiger charge is 2.22. The third-order valence-corrected chi connectivity index (χ3v) is 3.35. The monoisotopic (exact) mass is 274 g/mol. The standard InChI is InChI=1S/C13H26N2O4/c1-4-19-13(16)15-9-7-14(8-10-15)6-5-12(18-3)11-17-2/h12H,4-11H2,1-3H3. The molecule has 112 valence electrons. The molecule has 6 nitrogen and oxygen atoms in total. The van der Waals surface area contributed by atoms with Crippen LogP contribution in [0, 0.1) is 0 Å². The van der Waals surface area contributed by atoms with Crippen LogP contribution in [0.5, 0.6) is 0 Å². The number of nitrogens with zero attached hydrogens (tertiary/aromatic N) is 2. The van der Waals surface area contributed by atoms with Crippen molar-refractivity contribution in [3.8, 4) is 0 Å². The molecule has 19 heavy (non-hydrogen) atoms. The van der Waals surface area contributed by atoms with Gasteiger partial charge in [0.1, 0.15) is 0 Å². The smallest absolute Gasteiger partial charge is 0.409 e. The molecule has 0 aromatic rings. The summed E-state index contributed by atoms with van der Waals surface area (Å²) in [6.45, 7) is 7.12. The van der Waals surface area contributed by atoms with Gasteiger partial charge in [-0.1, -0.05) is 0 Å². The van der Waals surface area contributed by atoms with Crippen molar-refractivity contribution >= 4 is 6.09 Å². The Kier molecular flexibility index (Phi) is 7.78. The molecule has 1 unspecified atom stereocenters. The highest BCUT2D eigenvalue weighted by molar-refractivity contribution is 5.67. The van der Waals surface area contributed by atoms with Crippen molar-refractivity contribution < 1.29 is 19.0 Å². The number of hydrogen-bond acceptors (Lipinski definition) is 5. The van der Waals surface area contributed by atoms with Crippen LogP contribution in [0.4, 0.5) is 4.79 Å². The number of methoxy groups -OCH3 is 2. The van der Waals surface area contributed by atoms with Gasteiger partial charge < -0.3 is 19.1 Å². The van der Waals surface area contributed by atoms with Gasteiger partial charge in [-0.3, -0.25) is 4.90 Å². The molecule has 1 fully saturated rings. The van der Waals surface area contributed by atoms with Gasteiger partial charge in [-0.05, 0) is 13.3 Å². The van der Waals surface area contributed by atoms with E-state index < -0.39 is 0 Å². The van der Waals surface area contributed by atoms with E-state index in [1.54, 1.807) is 19.1 Å². The Morgan fingerprint density at radius 2 is 1.89 bits per heavy atom. The summed E-state index contributed by atoms with van der Waals surface area (Å²) < 4.78 is 15.4. The van der Waals surface area contributed by atoms with E-state index in [-0.39, 0.29) is 12.2 Å². The van der Waals surface area contributed by atoms with Gasteiger partial charge in [0.05, 0.1) is 19.3 Å². The summed E-state index contributed by atoms with van der Waals surface area (Å²) in [5, 5.41) is 0. The summed E-state index contributed by atoms with van der Waals surface area (Å²) in [5.74, 6) is 0. The lowest BCUT2D eigenvalue weighted by Crippen LogP contribution is -2.49. The third-order valence-electron chi connectivity index (χ3n) is 3.35. The van der Waals surface area contributed by atoms with E-state index in [0.29, 0.717) is 13.2 Å². The molecule has 0 N–H and O–H groups in total. The molecule has 1 amide bonds. The second-order valence-electron chi connectivity index (χ2n) is 4.63. The van der Waals surface area contributed by atoms with Crippen LogP contribution >= 0.6 is 0 Å². The van der Waals surface area contributed by atoms with Crippen molar-refractivity contribution in [2.75, 3.05) is 60.2 Å². The summed E-state index contributed by atoms with van der Waals surface area (Å²) in [6.07, 6.45) is 0.897. The topological polar surface area (TPSA) is 51.2 Å². The Labute approximate surface area is 115 Å². The molecule has 0 radical (unpaired) electrons. The van der Waals surface area contributed by atoms with Crippen molar-refractivity contribution in [3.63, 3.8) is 0 Å². The molecule has 0 aromatic carbocycles. The van der Waals surface area contributed by atoms with E-state index in [1.165, 1.54) is 0 Å². The lowest BCUT2D eigenvalue weighted by molar-refractivity contribution is 0.0137. The Hall–Kier alpha value is -0.850. The second kappa shape index (κ2) is 9.12. The Morgan fingerprint density at radius 1 is 1.21 bits per heavy atom. The first-order valence-corrected chi connectivity index (χ1v) is 6.87. The van der Waals surface area contributed by atoms with Crippen molar-refractivity contribution in [2.45, 2.75) is 19.4 Å². The molecule has 0 saturated carbocycles. The van der Waals surface area contributed by atoms with Crippen LogP contribution in [-0.2, 0) is 14.2 Å². The van der Waals surface area contributed by atoms with E-state index >= 15 is 0 Å². The van der Waals surface area contributed by atoms with E-state index in [0.717, 1.165) is 39.1 Å². The Morgan fingerprint density at radius 3 is 2.42 bits per heavy atom. The van der Waals surface area contributed by atoms with Gasteiger partial charge in [-0.2, -0.15) is 0 Å². The van der Waals surface area contributed by atoms with Gasteiger partial charge in [0.15, 0.2) is 0 Å². The van der Waals surface area contributed by atoms with E-state index in [1.807, 2.05) is 6.92 Å². The summed E-state index contributed by atoms with van der Waals surface area (Å²) in [4.78, 5) is 15.7. The lowest BCUT2D eigenvalue weighted by atomic mass is 10.2. The molecule has 1 atom stereocenters. The Balaban J connectivity index is 2.21. The van der Waals surface area contributed by atoms with Crippen LogP contribution in [0.15, 0.2) is 0 Å². The normalized spacial score (nSPS) is 18.4. The summed E-state index contributed by atoms with van der Waals surface area (Å²) in [5.41, 5.74) is 0. The summed E-state index contributed by atoms with van der Waals surface area (Å²) in [7, 11) is 3.40. The van der Waals surface area contributed by atoms with Crippen LogP contribution in [0.3, 0.4) is 0 Å².